The molecule has 1 aliphatic heterocycles. The average molecular weight is 458 g/mol. The Morgan fingerprint density at radius 1 is 1.12 bits per heavy atom. The van der Waals surface area contributed by atoms with Gasteiger partial charge in [-0.2, -0.15) is 18.3 Å². The van der Waals surface area contributed by atoms with E-state index in [1.807, 2.05) is 30.3 Å². The number of rotatable bonds is 6. The van der Waals surface area contributed by atoms with Gasteiger partial charge >= 0.3 is 6.18 Å². The maximum Gasteiger partial charge on any atom is 0.416 e. The molecule has 1 aliphatic rings. The molecule has 1 saturated heterocycles. The third kappa shape index (κ3) is 5.51. The summed E-state index contributed by atoms with van der Waals surface area (Å²) in [7, 11) is 0. The normalized spacial score (nSPS) is 16.0. The summed E-state index contributed by atoms with van der Waals surface area (Å²) < 4.78 is 43.7. The smallest absolute Gasteiger partial charge is 0.416 e. The molecule has 2 amide bonds. The van der Waals surface area contributed by atoms with E-state index in [4.69, 9.17) is 4.74 Å². The molecule has 0 aliphatic carbocycles. The summed E-state index contributed by atoms with van der Waals surface area (Å²) in [6, 6.07) is 15.4. The van der Waals surface area contributed by atoms with Crippen molar-refractivity contribution in [1.29, 1.82) is 0 Å². The molecule has 2 heterocycles. The number of aromatic amines is 1. The van der Waals surface area contributed by atoms with Gasteiger partial charge in [0.1, 0.15) is 17.5 Å². The number of hydrogen-bond acceptors (Lipinski definition) is 4. The van der Waals surface area contributed by atoms with Crippen LogP contribution in [0.4, 0.5) is 13.2 Å². The molecular weight excluding hydrogens is 437 g/mol. The molecule has 3 aromatic rings. The first-order valence-corrected chi connectivity index (χ1v) is 10.3. The molecule has 33 heavy (non-hydrogen) atoms. The number of likely N-dealkylation sites (tertiary alicyclic amines) is 1. The number of ether oxygens (including phenoxy) is 1. The van der Waals surface area contributed by atoms with E-state index in [2.05, 4.69) is 15.5 Å². The molecule has 1 unspecified atom stereocenters. The molecule has 4 rings (SSSR count). The van der Waals surface area contributed by atoms with Crippen LogP contribution in [0, 0.1) is 0 Å². The number of carbonyl (C=O) groups is 2. The van der Waals surface area contributed by atoms with Crippen molar-refractivity contribution in [3.05, 3.63) is 71.9 Å². The van der Waals surface area contributed by atoms with Crippen LogP contribution in [0.5, 0.6) is 5.75 Å². The number of H-pyrrole nitrogens is 1. The van der Waals surface area contributed by atoms with Crippen molar-refractivity contribution in [3.63, 3.8) is 0 Å². The van der Waals surface area contributed by atoms with Crippen molar-refractivity contribution >= 4 is 11.8 Å². The van der Waals surface area contributed by atoms with E-state index in [1.165, 1.54) is 12.1 Å². The van der Waals surface area contributed by atoms with Gasteiger partial charge in [0.2, 0.25) is 5.91 Å². The second-order valence-electron chi connectivity index (χ2n) is 7.61. The molecule has 1 atom stereocenters. The number of aromatic nitrogens is 2. The highest BCUT2D eigenvalue weighted by atomic mass is 19.4. The minimum atomic E-state index is -4.40. The lowest BCUT2D eigenvalue weighted by molar-refractivity contribution is -0.137. The highest BCUT2D eigenvalue weighted by Gasteiger charge is 2.31. The fourth-order valence-electron chi connectivity index (χ4n) is 3.52. The Balaban J connectivity index is 1.25. The third-order valence-corrected chi connectivity index (χ3v) is 5.27. The van der Waals surface area contributed by atoms with Gasteiger partial charge in [-0.15, -0.1) is 0 Å². The lowest BCUT2D eigenvalue weighted by Crippen LogP contribution is -2.39. The van der Waals surface area contributed by atoms with E-state index in [1.54, 1.807) is 11.0 Å². The lowest BCUT2D eigenvalue weighted by Gasteiger charge is -2.18. The molecule has 7 nitrogen and oxygen atoms in total. The van der Waals surface area contributed by atoms with Crippen LogP contribution < -0.4 is 10.1 Å². The summed E-state index contributed by atoms with van der Waals surface area (Å²) in [6.07, 6.45) is -4.19. The van der Waals surface area contributed by atoms with Gasteiger partial charge in [0.05, 0.1) is 24.3 Å². The Hall–Kier alpha value is -3.82. The molecule has 1 fully saturated rings. The van der Waals surface area contributed by atoms with E-state index >= 15 is 0 Å². The summed E-state index contributed by atoms with van der Waals surface area (Å²) >= 11 is 0. The summed E-state index contributed by atoms with van der Waals surface area (Å²) in [6.45, 7) is 0.533. The fourth-order valence-corrected chi connectivity index (χ4v) is 3.52. The van der Waals surface area contributed by atoms with Gasteiger partial charge in [0.15, 0.2) is 0 Å². The average Bonchev–Trinajstić information content (AvgIpc) is 3.48. The van der Waals surface area contributed by atoms with E-state index < -0.39 is 17.6 Å². The molecule has 172 valence electrons. The summed E-state index contributed by atoms with van der Waals surface area (Å²) in [4.78, 5) is 26.4. The third-order valence-electron chi connectivity index (χ3n) is 5.27. The molecule has 0 spiro atoms. The highest BCUT2D eigenvalue weighted by molar-refractivity contribution is 5.95. The van der Waals surface area contributed by atoms with Crippen molar-refractivity contribution in [3.8, 4) is 17.0 Å². The van der Waals surface area contributed by atoms with Crippen LogP contribution in [-0.2, 0) is 11.0 Å². The van der Waals surface area contributed by atoms with Crippen LogP contribution in [0.15, 0.2) is 60.7 Å². The van der Waals surface area contributed by atoms with E-state index in [9.17, 15) is 22.8 Å². The minimum absolute atomic E-state index is 0.189. The Kier molecular flexibility index (Phi) is 6.34. The maximum atomic E-state index is 12.7. The van der Waals surface area contributed by atoms with Crippen molar-refractivity contribution in [2.45, 2.75) is 18.7 Å². The first-order valence-electron chi connectivity index (χ1n) is 10.3. The molecule has 0 saturated carbocycles. The van der Waals surface area contributed by atoms with Gasteiger partial charge in [-0.3, -0.25) is 14.7 Å². The fraction of sp³-hybridized carbons (Fsp3) is 0.261. The molecule has 2 aromatic carbocycles. The Morgan fingerprint density at radius 3 is 2.55 bits per heavy atom. The molecule has 0 bridgehead atoms. The second kappa shape index (κ2) is 9.35. The number of halogens is 3. The van der Waals surface area contributed by atoms with Crippen LogP contribution in [0.1, 0.15) is 22.5 Å². The van der Waals surface area contributed by atoms with Gasteiger partial charge in [-0.05, 0) is 30.3 Å². The quantitative estimate of drug-likeness (QED) is 0.592. The van der Waals surface area contributed by atoms with Crippen molar-refractivity contribution < 1.29 is 27.5 Å². The zero-order chi connectivity index (χ0) is 23.4. The minimum Gasteiger partial charge on any atom is -0.489 e. The lowest BCUT2D eigenvalue weighted by atomic mass is 10.1. The zero-order valence-electron chi connectivity index (χ0n) is 17.4. The van der Waals surface area contributed by atoms with Crippen molar-refractivity contribution in [1.82, 2.24) is 20.4 Å². The second-order valence-corrected chi connectivity index (χ2v) is 7.61. The SMILES string of the molecule is O=C(NCC(=O)N1CCC(Oc2ccc(C(F)(F)F)cc2)C1)c1cc(-c2ccccc2)n[nH]1. The number of alkyl halides is 3. The Morgan fingerprint density at radius 2 is 1.85 bits per heavy atom. The van der Waals surface area contributed by atoms with Crippen LogP contribution in [0.2, 0.25) is 0 Å². The van der Waals surface area contributed by atoms with E-state index in [0.29, 0.717) is 24.4 Å². The van der Waals surface area contributed by atoms with Gasteiger partial charge in [-0.25, -0.2) is 0 Å². The van der Waals surface area contributed by atoms with E-state index in [-0.39, 0.29) is 30.8 Å². The van der Waals surface area contributed by atoms with E-state index in [0.717, 1.165) is 17.7 Å². The number of carbonyl (C=O) groups excluding carboxylic acids is 2. The van der Waals surface area contributed by atoms with Gasteiger partial charge < -0.3 is 15.0 Å². The first kappa shape index (κ1) is 22.4. The zero-order valence-corrected chi connectivity index (χ0v) is 17.4. The molecule has 1 aromatic heterocycles. The predicted octanol–water partition coefficient (Wildman–Crippen LogP) is 3.51. The molecule has 2 N–H and O–H groups in total. The van der Waals surface area contributed by atoms with Gasteiger partial charge in [-0.1, -0.05) is 30.3 Å². The number of amides is 2. The van der Waals surface area contributed by atoms with Crippen molar-refractivity contribution in [2.24, 2.45) is 0 Å². The number of benzene rings is 2. The Bertz CT molecular complexity index is 1110. The number of hydrogen-bond donors (Lipinski definition) is 2. The Labute approximate surface area is 187 Å². The summed E-state index contributed by atoms with van der Waals surface area (Å²) in [5.74, 6) is -0.413. The highest BCUT2D eigenvalue weighted by Crippen LogP contribution is 2.30. The summed E-state index contributed by atoms with van der Waals surface area (Å²) in [5.41, 5.74) is 0.975. The number of nitrogens with zero attached hydrogens (tertiary/aromatic N) is 2. The largest absolute Gasteiger partial charge is 0.489 e. The number of nitrogens with one attached hydrogen (secondary N) is 2. The standard InChI is InChI=1S/C23H21F3N4O3/c24-23(25,26)16-6-8-17(9-7-16)33-18-10-11-30(14-18)21(31)13-27-22(32)20-12-19(28-29-20)15-4-2-1-3-5-15/h1-9,12,18H,10-11,13-14H2,(H,27,32)(H,28,29). The van der Waals surface area contributed by atoms with Crippen molar-refractivity contribution in [2.75, 3.05) is 19.6 Å². The van der Waals surface area contributed by atoms with Gasteiger partial charge in [0, 0.05) is 18.5 Å². The van der Waals surface area contributed by atoms with Crippen LogP contribution in [-0.4, -0.2) is 52.6 Å². The summed E-state index contributed by atoms with van der Waals surface area (Å²) in [5, 5.41) is 9.36. The van der Waals surface area contributed by atoms with Gasteiger partial charge in [0.25, 0.3) is 5.91 Å². The predicted molar refractivity (Wildman–Crippen MR) is 113 cm³/mol. The topological polar surface area (TPSA) is 87.3 Å². The van der Waals surface area contributed by atoms with Crippen LogP contribution >= 0.6 is 0 Å². The first-order chi connectivity index (χ1) is 15.8. The molecular formula is C23H21F3N4O3. The van der Waals surface area contributed by atoms with Crippen LogP contribution in [0.25, 0.3) is 11.3 Å². The maximum absolute atomic E-state index is 12.7. The molecule has 0 radical (unpaired) electrons. The monoisotopic (exact) mass is 458 g/mol. The van der Waals surface area contributed by atoms with Crippen LogP contribution in [0.3, 0.4) is 0 Å². The molecule has 10 heteroatoms.